The van der Waals surface area contributed by atoms with Crippen molar-refractivity contribution < 1.29 is 0 Å². The second kappa shape index (κ2) is 7.00. The van der Waals surface area contributed by atoms with Crippen LogP contribution in [-0.2, 0) is 0 Å². The molecule has 0 spiro atoms. The van der Waals surface area contributed by atoms with Crippen molar-refractivity contribution in [1.82, 2.24) is 10.2 Å². The van der Waals surface area contributed by atoms with Gasteiger partial charge in [-0.15, -0.1) is 0 Å². The van der Waals surface area contributed by atoms with Gasteiger partial charge in [-0.05, 0) is 80.9 Å². The minimum atomic E-state index is 0.495. The number of likely N-dealkylation sites (tertiary alicyclic amines) is 1. The quantitative estimate of drug-likeness (QED) is 0.791. The van der Waals surface area contributed by atoms with Crippen LogP contribution in [0.1, 0.15) is 66.7 Å². The van der Waals surface area contributed by atoms with Crippen LogP contribution >= 0.6 is 0 Å². The molecule has 0 aromatic heterocycles. The smallest absolute Gasteiger partial charge is 0.00103 e. The summed E-state index contributed by atoms with van der Waals surface area (Å²) in [5.74, 6) is 1.86. The molecule has 0 unspecified atom stereocenters. The fourth-order valence-electron chi connectivity index (χ4n) is 4.38. The van der Waals surface area contributed by atoms with Crippen LogP contribution in [0.4, 0.5) is 0 Å². The highest BCUT2D eigenvalue weighted by atomic mass is 15.1. The van der Waals surface area contributed by atoms with E-state index in [0.717, 1.165) is 11.8 Å². The minimum Gasteiger partial charge on any atom is -0.316 e. The molecule has 1 N–H and O–H groups in total. The van der Waals surface area contributed by atoms with Gasteiger partial charge >= 0.3 is 0 Å². The van der Waals surface area contributed by atoms with Gasteiger partial charge in [0.15, 0.2) is 0 Å². The van der Waals surface area contributed by atoms with Gasteiger partial charge in [0.25, 0.3) is 0 Å². The molecule has 0 bridgehead atoms. The highest BCUT2D eigenvalue weighted by Gasteiger charge is 2.29. The summed E-state index contributed by atoms with van der Waals surface area (Å²) in [7, 11) is 0. The van der Waals surface area contributed by atoms with Crippen LogP contribution in [0.15, 0.2) is 0 Å². The second-order valence-corrected chi connectivity index (χ2v) is 9.70. The lowest BCUT2D eigenvalue weighted by Gasteiger charge is -2.30. The molecule has 124 valence electrons. The molecule has 2 atom stereocenters. The molecular formula is C19H38N2. The number of nitrogens with zero attached hydrogens (tertiary/aromatic N) is 1. The fraction of sp³-hybridized carbons (Fsp3) is 1.00. The fourth-order valence-corrected chi connectivity index (χ4v) is 4.38. The van der Waals surface area contributed by atoms with Gasteiger partial charge in [-0.25, -0.2) is 0 Å². The van der Waals surface area contributed by atoms with Crippen molar-refractivity contribution in [3.05, 3.63) is 0 Å². The minimum absolute atomic E-state index is 0.495. The van der Waals surface area contributed by atoms with E-state index >= 15 is 0 Å². The van der Waals surface area contributed by atoms with Gasteiger partial charge in [-0.2, -0.15) is 0 Å². The third kappa shape index (κ3) is 6.28. The van der Waals surface area contributed by atoms with Crippen LogP contribution in [0, 0.1) is 22.7 Å². The Balaban J connectivity index is 1.68. The van der Waals surface area contributed by atoms with Crippen molar-refractivity contribution in [2.75, 3.05) is 32.7 Å². The number of nitrogens with one attached hydrogen (secondary N) is 1. The van der Waals surface area contributed by atoms with Crippen LogP contribution < -0.4 is 5.32 Å². The van der Waals surface area contributed by atoms with Gasteiger partial charge in [-0.1, -0.05) is 34.6 Å². The summed E-state index contributed by atoms with van der Waals surface area (Å²) < 4.78 is 0. The molecule has 2 rings (SSSR count). The van der Waals surface area contributed by atoms with Gasteiger partial charge < -0.3 is 10.2 Å². The van der Waals surface area contributed by atoms with Crippen molar-refractivity contribution in [3.8, 4) is 0 Å². The molecule has 2 saturated heterocycles. The monoisotopic (exact) mass is 294 g/mol. The maximum absolute atomic E-state index is 3.51. The average molecular weight is 295 g/mol. The van der Waals surface area contributed by atoms with Crippen molar-refractivity contribution >= 4 is 0 Å². The van der Waals surface area contributed by atoms with E-state index in [-0.39, 0.29) is 0 Å². The summed E-state index contributed by atoms with van der Waals surface area (Å²) in [5, 5.41) is 3.51. The third-order valence-electron chi connectivity index (χ3n) is 5.38. The second-order valence-electron chi connectivity index (χ2n) is 9.70. The van der Waals surface area contributed by atoms with Gasteiger partial charge in [0.1, 0.15) is 0 Å². The predicted octanol–water partition coefficient (Wildman–Crippen LogP) is 4.16. The molecule has 0 aromatic rings. The molecule has 2 heterocycles. The first-order valence-corrected chi connectivity index (χ1v) is 9.17. The molecule has 2 aliphatic heterocycles. The summed E-state index contributed by atoms with van der Waals surface area (Å²) in [6, 6.07) is 0. The molecule has 0 amide bonds. The molecule has 0 saturated carbocycles. The first-order valence-electron chi connectivity index (χ1n) is 9.17. The molecule has 0 aliphatic carbocycles. The van der Waals surface area contributed by atoms with Gasteiger partial charge in [0, 0.05) is 6.54 Å². The van der Waals surface area contributed by atoms with E-state index in [1.54, 1.807) is 0 Å². The van der Waals surface area contributed by atoms with E-state index in [1.807, 2.05) is 0 Å². The standard InChI is InChI=1S/C19H38N2/c1-18(2,3)12-17-7-10-21(15-17)11-8-19(4,5)13-16-6-9-20-14-16/h16-17,20H,6-15H2,1-5H3/t16-,17-/m0/s1. The Morgan fingerprint density at radius 2 is 1.76 bits per heavy atom. The normalized spacial score (nSPS) is 28.4. The Bertz CT molecular complexity index is 310. The molecule has 2 heteroatoms. The molecule has 2 nitrogen and oxygen atoms in total. The van der Waals surface area contributed by atoms with Crippen LogP contribution in [0.25, 0.3) is 0 Å². The summed E-state index contributed by atoms with van der Waals surface area (Å²) in [5.41, 5.74) is 1.01. The SMILES string of the molecule is CC(C)(C)C[C@@H]1CCN(CCC(C)(C)C[C@@H]2CCNC2)C1. The molecule has 0 radical (unpaired) electrons. The largest absolute Gasteiger partial charge is 0.316 e. The zero-order chi connectivity index (χ0) is 15.5. The van der Waals surface area contributed by atoms with E-state index in [4.69, 9.17) is 0 Å². The Labute approximate surface area is 133 Å². The Hall–Kier alpha value is -0.0800. The lowest BCUT2D eigenvalue weighted by molar-refractivity contribution is 0.203. The van der Waals surface area contributed by atoms with Crippen molar-refractivity contribution in [2.45, 2.75) is 66.7 Å². The zero-order valence-corrected chi connectivity index (χ0v) is 15.2. The number of hydrogen-bond donors (Lipinski definition) is 1. The molecule has 2 aliphatic rings. The molecule has 21 heavy (non-hydrogen) atoms. The first-order chi connectivity index (χ1) is 9.73. The Kier molecular flexibility index (Phi) is 5.76. The molecule has 0 aromatic carbocycles. The lowest BCUT2D eigenvalue weighted by Crippen LogP contribution is -2.28. The molecular weight excluding hydrogens is 256 g/mol. The van der Waals surface area contributed by atoms with Crippen LogP contribution in [0.2, 0.25) is 0 Å². The Morgan fingerprint density at radius 3 is 2.38 bits per heavy atom. The number of hydrogen-bond acceptors (Lipinski definition) is 2. The topological polar surface area (TPSA) is 15.3 Å². The predicted molar refractivity (Wildman–Crippen MR) is 92.6 cm³/mol. The maximum atomic E-state index is 3.51. The van der Waals surface area contributed by atoms with Crippen molar-refractivity contribution in [3.63, 3.8) is 0 Å². The van der Waals surface area contributed by atoms with E-state index in [1.165, 1.54) is 64.8 Å². The number of rotatable bonds is 6. The van der Waals surface area contributed by atoms with Gasteiger partial charge in [0.2, 0.25) is 0 Å². The van der Waals surface area contributed by atoms with E-state index in [0.29, 0.717) is 10.8 Å². The molecule has 2 fully saturated rings. The van der Waals surface area contributed by atoms with E-state index < -0.39 is 0 Å². The van der Waals surface area contributed by atoms with Crippen molar-refractivity contribution in [1.29, 1.82) is 0 Å². The highest BCUT2D eigenvalue weighted by molar-refractivity contribution is 4.83. The summed E-state index contributed by atoms with van der Waals surface area (Å²) >= 11 is 0. The summed E-state index contributed by atoms with van der Waals surface area (Å²) in [6.45, 7) is 18.6. The zero-order valence-electron chi connectivity index (χ0n) is 15.2. The highest BCUT2D eigenvalue weighted by Crippen LogP contribution is 2.34. The van der Waals surface area contributed by atoms with Gasteiger partial charge in [0.05, 0.1) is 0 Å². The summed E-state index contributed by atoms with van der Waals surface area (Å²) in [6.07, 6.45) is 6.97. The summed E-state index contributed by atoms with van der Waals surface area (Å²) in [4.78, 5) is 2.73. The van der Waals surface area contributed by atoms with Crippen molar-refractivity contribution in [2.24, 2.45) is 22.7 Å². The Morgan fingerprint density at radius 1 is 1.00 bits per heavy atom. The van der Waals surface area contributed by atoms with Gasteiger partial charge in [-0.3, -0.25) is 0 Å². The average Bonchev–Trinajstić information content (AvgIpc) is 2.96. The van der Waals surface area contributed by atoms with Crippen LogP contribution in [0.5, 0.6) is 0 Å². The lowest BCUT2D eigenvalue weighted by atomic mass is 9.79. The van der Waals surface area contributed by atoms with E-state index in [2.05, 4.69) is 44.8 Å². The maximum Gasteiger partial charge on any atom is 0.00103 e. The van der Waals surface area contributed by atoms with Crippen LogP contribution in [-0.4, -0.2) is 37.6 Å². The first kappa shape index (κ1) is 17.3. The van der Waals surface area contributed by atoms with E-state index in [9.17, 15) is 0 Å². The third-order valence-corrected chi connectivity index (χ3v) is 5.38. The van der Waals surface area contributed by atoms with Crippen LogP contribution in [0.3, 0.4) is 0 Å².